The lowest BCUT2D eigenvalue weighted by atomic mass is 10.2. The summed E-state index contributed by atoms with van der Waals surface area (Å²) >= 11 is 0. The summed E-state index contributed by atoms with van der Waals surface area (Å²) in [6.45, 7) is 0. The van der Waals surface area contributed by atoms with Gasteiger partial charge in [-0.25, -0.2) is 9.78 Å². The molecule has 0 saturated heterocycles. The van der Waals surface area contributed by atoms with Gasteiger partial charge in [0.2, 0.25) is 0 Å². The van der Waals surface area contributed by atoms with Gasteiger partial charge in [-0.3, -0.25) is 4.79 Å². The molecule has 0 spiro atoms. The predicted molar refractivity (Wildman–Crippen MR) is 73.8 cm³/mol. The van der Waals surface area contributed by atoms with Crippen LogP contribution in [0, 0.1) is 0 Å². The van der Waals surface area contributed by atoms with Gasteiger partial charge in [-0.2, -0.15) is 0 Å². The number of pyridine rings is 1. The molecule has 0 aliphatic rings. The van der Waals surface area contributed by atoms with E-state index >= 15 is 0 Å². The summed E-state index contributed by atoms with van der Waals surface area (Å²) < 4.78 is 4.88. The van der Waals surface area contributed by atoms with Crippen LogP contribution in [0.4, 0.5) is 5.69 Å². The van der Waals surface area contributed by atoms with E-state index in [2.05, 4.69) is 10.3 Å². The molecule has 0 aliphatic heterocycles. The molecule has 0 aliphatic carbocycles. The van der Waals surface area contributed by atoms with Crippen LogP contribution in [-0.2, 0) is 0 Å². The third-order valence-corrected chi connectivity index (χ3v) is 2.68. The molecule has 3 N–H and O–H groups in total. The zero-order valence-electron chi connectivity index (χ0n) is 11.0. The van der Waals surface area contributed by atoms with E-state index in [1.54, 1.807) is 0 Å². The van der Waals surface area contributed by atoms with Gasteiger partial charge in [0.15, 0.2) is 11.5 Å². The van der Waals surface area contributed by atoms with Gasteiger partial charge in [0.25, 0.3) is 5.91 Å². The molecule has 1 heterocycles. The van der Waals surface area contributed by atoms with Gasteiger partial charge in [-0.1, -0.05) is 0 Å². The fraction of sp³-hybridized carbons (Fsp3) is 0.0714. The predicted octanol–water partition coefficient (Wildman–Crippen LogP) is 1.75. The highest BCUT2D eigenvalue weighted by molar-refractivity contribution is 6.05. The van der Waals surface area contributed by atoms with Crippen molar-refractivity contribution in [3.63, 3.8) is 0 Å². The van der Waals surface area contributed by atoms with Crippen LogP contribution in [-0.4, -0.2) is 34.2 Å². The number of phenols is 1. The lowest BCUT2D eigenvalue weighted by Crippen LogP contribution is -2.12. The molecule has 2 rings (SSSR count). The maximum Gasteiger partial charge on any atom is 0.354 e. The number of aromatic nitrogens is 1. The van der Waals surface area contributed by atoms with Crippen molar-refractivity contribution in [2.45, 2.75) is 0 Å². The van der Waals surface area contributed by atoms with Crippen LogP contribution >= 0.6 is 0 Å². The topological polar surface area (TPSA) is 109 Å². The van der Waals surface area contributed by atoms with Gasteiger partial charge in [0.05, 0.1) is 7.11 Å². The fourth-order valence-electron chi connectivity index (χ4n) is 1.66. The number of benzene rings is 1. The van der Waals surface area contributed by atoms with Crippen molar-refractivity contribution >= 4 is 17.6 Å². The quantitative estimate of drug-likeness (QED) is 0.790. The van der Waals surface area contributed by atoms with Crippen molar-refractivity contribution in [3.8, 4) is 11.5 Å². The summed E-state index contributed by atoms with van der Waals surface area (Å²) in [6, 6.07) is 6.90. The maximum absolute atomic E-state index is 12.0. The van der Waals surface area contributed by atoms with E-state index in [0.717, 1.165) is 0 Å². The number of aromatic hydroxyl groups is 1. The number of aromatic carboxylic acids is 1. The highest BCUT2D eigenvalue weighted by Gasteiger charge is 2.11. The second-order valence-electron chi connectivity index (χ2n) is 4.08. The lowest BCUT2D eigenvalue weighted by Gasteiger charge is -2.08. The molecule has 1 amide bonds. The molecule has 7 nitrogen and oxygen atoms in total. The third kappa shape index (κ3) is 3.27. The Bertz CT molecular complexity index is 700. The molecule has 108 valence electrons. The van der Waals surface area contributed by atoms with E-state index in [0.29, 0.717) is 5.69 Å². The van der Waals surface area contributed by atoms with E-state index in [1.165, 1.54) is 43.6 Å². The van der Waals surface area contributed by atoms with Crippen molar-refractivity contribution in [2.24, 2.45) is 0 Å². The SMILES string of the molecule is COc1ccc(C(=O)Nc2ccnc(C(=O)O)c2)cc1O. The molecule has 21 heavy (non-hydrogen) atoms. The van der Waals surface area contributed by atoms with Crippen LogP contribution in [0.5, 0.6) is 11.5 Å². The van der Waals surface area contributed by atoms with Gasteiger partial charge in [0.1, 0.15) is 5.69 Å². The van der Waals surface area contributed by atoms with Crippen molar-refractivity contribution in [2.75, 3.05) is 12.4 Å². The van der Waals surface area contributed by atoms with Gasteiger partial charge < -0.3 is 20.3 Å². The van der Waals surface area contributed by atoms with Crippen LogP contribution in [0.25, 0.3) is 0 Å². The van der Waals surface area contributed by atoms with Crippen molar-refractivity contribution < 1.29 is 24.5 Å². The van der Waals surface area contributed by atoms with Crippen molar-refractivity contribution in [3.05, 3.63) is 47.8 Å². The molecule has 0 atom stereocenters. The highest BCUT2D eigenvalue weighted by atomic mass is 16.5. The number of ether oxygens (including phenoxy) is 1. The van der Waals surface area contributed by atoms with E-state index in [1.807, 2.05) is 0 Å². The van der Waals surface area contributed by atoms with Crippen molar-refractivity contribution in [1.82, 2.24) is 4.98 Å². The summed E-state index contributed by atoms with van der Waals surface area (Å²) in [7, 11) is 1.40. The molecule has 1 aromatic carbocycles. The fourth-order valence-corrected chi connectivity index (χ4v) is 1.66. The van der Waals surface area contributed by atoms with Gasteiger partial charge in [-0.15, -0.1) is 0 Å². The lowest BCUT2D eigenvalue weighted by molar-refractivity contribution is 0.0690. The molecular weight excluding hydrogens is 276 g/mol. The average molecular weight is 288 g/mol. The number of rotatable bonds is 4. The number of amides is 1. The van der Waals surface area contributed by atoms with Crippen LogP contribution in [0.3, 0.4) is 0 Å². The Morgan fingerprint density at radius 1 is 1.24 bits per heavy atom. The molecule has 0 radical (unpaired) electrons. The Labute approximate surface area is 119 Å². The maximum atomic E-state index is 12.0. The van der Waals surface area contributed by atoms with Crippen molar-refractivity contribution in [1.29, 1.82) is 0 Å². The number of carbonyl (C=O) groups excluding carboxylic acids is 1. The van der Waals surface area contributed by atoms with E-state index in [9.17, 15) is 14.7 Å². The van der Waals surface area contributed by atoms with Crippen LogP contribution in [0.15, 0.2) is 36.5 Å². The number of carboxylic acids is 1. The summed E-state index contributed by atoms with van der Waals surface area (Å²) in [4.78, 5) is 26.5. The average Bonchev–Trinajstić information content (AvgIpc) is 2.47. The first-order chi connectivity index (χ1) is 10.0. The Hall–Kier alpha value is -3.09. The summed E-state index contributed by atoms with van der Waals surface area (Å²) in [5.41, 5.74) is 0.329. The molecule has 1 aromatic heterocycles. The first kappa shape index (κ1) is 14.3. The summed E-state index contributed by atoms with van der Waals surface area (Å²) in [6.07, 6.45) is 1.28. The number of hydrogen-bond acceptors (Lipinski definition) is 5. The molecule has 0 bridgehead atoms. The second kappa shape index (κ2) is 5.91. The number of anilines is 1. The van der Waals surface area contributed by atoms with Crippen LogP contribution in [0.2, 0.25) is 0 Å². The highest BCUT2D eigenvalue weighted by Crippen LogP contribution is 2.26. The zero-order valence-corrected chi connectivity index (χ0v) is 11.0. The molecule has 0 fully saturated rings. The second-order valence-corrected chi connectivity index (χ2v) is 4.08. The van der Waals surface area contributed by atoms with Gasteiger partial charge in [-0.05, 0) is 30.3 Å². The number of hydrogen-bond donors (Lipinski definition) is 3. The number of nitrogens with one attached hydrogen (secondary N) is 1. The number of carbonyl (C=O) groups is 2. The Morgan fingerprint density at radius 2 is 2.00 bits per heavy atom. The van der Waals surface area contributed by atoms with E-state index in [-0.39, 0.29) is 22.8 Å². The Kier molecular flexibility index (Phi) is 4.03. The smallest absolute Gasteiger partial charge is 0.354 e. The zero-order chi connectivity index (χ0) is 15.4. The first-order valence-electron chi connectivity index (χ1n) is 5.89. The molecule has 0 saturated carbocycles. The van der Waals surface area contributed by atoms with E-state index < -0.39 is 11.9 Å². The largest absolute Gasteiger partial charge is 0.504 e. The minimum atomic E-state index is -1.19. The summed E-state index contributed by atoms with van der Waals surface area (Å²) in [5, 5.41) is 21.0. The Morgan fingerprint density at radius 3 is 2.62 bits per heavy atom. The minimum absolute atomic E-state index is 0.161. The standard InChI is InChI=1S/C14H12N2O5/c1-21-12-3-2-8(6-11(12)17)13(18)16-9-4-5-15-10(7-9)14(19)20/h2-7,17H,1H3,(H,19,20)(H,15,16,18). The number of nitrogens with zero attached hydrogens (tertiary/aromatic N) is 1. The Balaban J connectivity index is 2.20. The summed E-state index contributed by atoms with van der Waals surface area (Å²) in [5.74, 6) is -1.58. The number of carboxylic acid groups (broad SMARTS) is 1. The third-order valence-electron chi connectivity index (χ3n) is 2.68. The number of methoxy groups -OCH3 is 1. The van der Waals surface area contributed by atoms with Gasteiger partial charge in [0, 0.05) is 17.4 Å². The molecule has 2 aromatic rings. The minimum Gasteiger partial charge on any atom is -0.504 e. The van der Waals surface area contributed by atoms with E-state index in [4.69, 9.17) is 9.84 Å². The molecular formula is C14H12N2O5. The molecule has 0 unspecified atom stereocenters. The number of phenolic OH excluding ortho intramolecular Hbond substituents is 1. The van der Waals surface area contributed by atoms with Gasteiger partial charge >= 0.3 is 5.97 Å². The molecule has 7 heteroatoms. The first-order valence-corrected chi connectivity index (χ1v) is 5.89. The van der Waals surface area contributed by atoms with Crippen LogP contribution < -0.4 is 10.1 Å². The normalized spacial score (nSPS) is 9.95. The van der Waals surface area contributed by atoms with Crippen LogP contribution in [0.1, 0.15) is 20.8 Å². The monoisotopic (exact) mass is 288 g/mol.